The molecule has 0 unspecified atom stereocenters. The molecule has 2 rings (SSSR count). The van der Waals surface area contributed by atoms with Crippen LogP contribution in [-0.4, -0.2) is 19.7 Å². The number of fused-ring (bicyclic) bond motifs is 1. The fourth-order valence-electron chi connectivity index (χ4n) is 1.13. The second-order valence-corrected chi connectivity index (χ2v) is 3.36. The molecule has 2 heterocycles. The first-order valence-electron chi connectivity index (χ1n) is 4.49. The Bertz CT molecular complexity index is 475. The van der Waals surface area contributed by atoms with Crippen LogP contribution >= 0.6 is 11.6 Å². The minimum absolute atomic E-state index is 0.271. The summed E-state index contributed by atoms with van der Waals surface area (Å²) in [6, 6.07) is 0. The molecule has 2 aromatic heterocycles. The van der Waals surface area contributed by atoms with Crippen LogP contribution in [0.1, 0.15) is 12.6 Å². The van der Waals surface area contributed by atoms with E-state index in [0.29, 0.717) is 0 Å². The van der Waals surface area contributed by atoms with E-state index < -0.39 is 0 Å². The summed E-state index contributed by atoms with van der Waals surface area (Å²) >= 11 is 5.67. The highest BCUT2D eigenvalue weighted by Crippen LogP contribution is 2.14. The molecule has 15 heavy (non-hydrogen) atoms. The van der Waals surface area contributed by atoms with Crippen molar-refractivity contribution in [2.45, 2.75) is 13.8 Å². The van der Waals surface area contributed by atoms with Gasteiger partial charge in [0.05, 0.1) is 11.9 Å². The number of hydrogen-bond acceptors (Lipinski definition) is 3. The number of hydrogen-bond donors (Lipinski definition) is 0. The quantitative estimate of drug-likeness (QED) is 0.510. The smallest absolute Gasteiger partial charge is 0.223 e. The van der Waals surface area contributed by atoms with Gasteiger partial charge in [-0.15, -0.1) is 6.58 Å². The Balaban J connectivity index is 0.000000337. The second-order valence-electron chi connectivity index (χ2n) is 3.02. The molecule has 5 heteroatoms. The zero-order valence-electron chi connectivity index (χ0n) is 9.03. The minimum Gasteiger partial charge on any atom is -0.273 e. The minimum atomic E-state index is 0.271. The Morgan fingerprint density at radius 1 is 1.47 bits per heavy atom. The third-order valence-electron chi connectivity index (χ3n) is 1.62. The van der Waals surface area contributed by atoms with E-state index in [-0.39, 0.29) is 5.28 Å². The van der Waals surface area contributed by atoms with Crippen LogP contribution in [0.2, 0.25) is 5.28 Å². The maximum atomic E-state index is 5.67. The van der Waals surface area contributed by atoms with Crippen molar-refractivity contribution in [3.63, 3.8) is 0 Å². The van der Waals surface area contributed by atoms with Gasteiger partial charge in [-0.2, -0.15) is 5.10 Å². The molecule has 0 spiro atoms. The van der Waals surface area contributed by atoms with E-state index in [0.717, 1.165) is 16.7 Å². The molecule has 0 aliphatic rings. The summed E-state index contributed by atoms with van der Waals surface area (Å²) in [5, 5.41) is 4.46. The number of aryl methyl sites for hydroxylation is 2. The SMILES string of the molecule is C=CC.Cc1nc(Cl)nc2cn(C)nc12. The van der Waals surface area contributed by atoms with Crippen molar-refractivity contribution >= 4 is 22.6 Å². The van der Waals surface area contributed by atoms with Gasteiger partial charge in [0, 0.05) is 7.05 Å². The van der Waals surface area contributed by atoms with Crippen LogP contribution in [0.5, 0.6) is 0 Å². The van der Waals surface area contributed by atoms with E-state index in [1.165, 1.54) is 0 Å². The molecule has 0 aromatic carbocycles. The average Bonchev–Trinajstić information content (AvgIpc) is 2.47. The molecule has 0 fully saturated rings. The number of rotatable bonds is 0. The van der Waals surface area contributed by atoms with E-state index in [9.17, 15) is 0 Å². The lowest BCUT2D eigenvalue weighted by Gasteiger charge is -1.92. The van der Waals surface area contributed by atoms with Crippen LogP contribution in [0.15, 0.2) is 18.9 Å². The molecular weight excluding hydrogens is 212 g/mol. The Morgan fingerprint density at radius 3 is 2.67 bits per heavy atom. The van der Waals surface area contributed by atoms with Gasteiger partial charge in [0.1, 0.15) is 11.0 Å². The summed E-state index contributed by atoms with van der Waals surface area (Å²) in [6.45, 7) is 7.11. The molecule has 0 amide bonds. The molecule has 0 saturated carbocycles. The number of halogens is 1. The van der Waals surface area contributed by atoms with Crippen molar-refractivity contribution < 1.29 is 0 Å². The van der Waals surface area contributed by atoms with Crippen LogP contribution in [0.3, 0.4) is 0 Å². The highest BCUT2D eigenvalue weighted by molar-refractivity contribution is 6.28. The summed E-state index contributed by atoms with van der Waals surface area (Å²) < 4.78 is 1.70. The highest BCUT2D eigenvalue weighted by Gasteiger charge is 2.05. The van der Waals surface area contributed by atoms with E-state index >= 15 is 0 Å². The summed E-state index contributed by atoms with van der Waals surface area (Å²) in [5.74, 6) is 0. The van der Waals surface area contributed by atoms with Gasteiger partial charge in [0.2, 0.25) is 5.28 Å². The molecular formula is C10H13ClN4. The van der Waals surface area contributed by atoms with E-state index in [4.69, 9.17) is 11.6 Å². The first kappa shape index (κ1) is 11.7. The van der Waals surface area contributed by atoms with Gasteiger partial charge in [0.25, 0.3) is 0 Å². The first-order chi connectivity index (χ1) is 7.08. The number of aromatic nitrogens is 4. The zero-order valence-corrected chi connectivity index (χ0v) is 9.78. The van der Waals surface area contributed by atoms with Gasteiger partial charge < -0.3 is 0 Å². The van der Waals surface area contributed by atoms with Gasteiger partial charge in [-0.25, -0.2) is 9.97 Å². The maximum absolute atomic E-state index is 5.67. The Labute approximate surface area is 93.6 Å². The fraction of sp³-hybridized carbons (Fsp3) is 0.300. The summed E-state index contributed by atoms with van der Waals surface area (Å²) in [7, 11) is 1.84. The van der Waals surface area contributed by atoms with Crippen molar-refractivity contribution in [3.05, 3.63) is 29.8 Å². The van der Waals surface area contributed by atoms with Crippen LogP contribution in [-0.2, 0) is 7.05 Å². The van der Waals surface area contributed by atoms with E-state index in [1.54, 1.807) is 10.8 Å². The van der Waals surface area contributed by atoms with Gasteiger partial charge >= 0.3 is 0 Å². The monoisotopic (exact) mass is 224 g/mol. The van der Waals surface area contributed by atoms with Crippen molar-refractivity contribution in [2.24, 2.45) is 7.05 Å². The lowest BCUT2D eigenvalue weighted by molar-refractivity contribution is 0.778. The van der Waals surface area contributed by atoms with Crippen molar-refractivity contribution in [1.29, 1.82) is 0 Å². The topological polar surface area (TPSA) is 43.6 Å². The molecule has 0 radical (unpaired) electrons. The van der Waals surface area contributed by atoms with Crippen molar-refractivity contribution in [2.75, 3.05) is 0 Å². The zero-order chi connectivity index (χ0) is 11.4. The molecule has 0 atom stereocenters. The number of nitrogens with zero attached hydrogens (tertiary/aromatic N) is 4. The molecule has 4 nitrogen and oxygen atoms in total. The molecule has 0 aliphatic heterocycles. The van der Waals surface area contributed by atoms with Crippen molar-refractivity contribution in [1.82, 2.24) is 19.7 Å². The largest absolute Gasteiger partial charge is 0.273 e. The lowest BCUT2D eigenvalue weighted by atomic mass is 10.4. The number of allylic oxidation sites excluding steroid dienone is 1. The average molecular weight is 225 g/mol. The first-order valence-corrected chi connectivity index (χ1v) is 4.86. The maximum Gasteiger partial charge on any atom is 0.223 e. The molecule has 0 saturated heterocycles. The standard InChI is InChI=1S/C7H7ClN4.C3H6/c1-4-6-5(3-12(2)11-6)10-7(8)9-4;1-3-2/h3H,1-2H3;3H,1H2,2H3. The molecule has 0 N–H and O–H groups in total. The summed E-state index contributed by atoms with van der Waals surface area (Å²) in [6.07, 6.45) is 3.57. The molecule has 0 bridgehead atoms. The van der Waals surface area contributed by atoms with Crippen LogP contribution in [0, 0.1) is 6.92 Å². The highest BCUT2D eigenvalue weighted by atomic mass is 35.5. The van der Waals surface area contributed by atoms with E-state index in [2.05, 4.69) is 21.6 Å². The second kappa shape index (κ2) is 4.89. The summed E-state index contributed by atoms with van der Waals surface area (Å²) in [4.78, 5) is 8.02. The van der Waals surface area contributed by atoms with Crippen LogP contribution in [0.25, 0.3) is 11.0 Å². The molecule has 0 aliphatic carbocycles. The van der Waals surface area contributed by atoms with Crippen LogP contribution < -0.4 is 0 Å². The third kappa shape index (κ3) is 2.76. The van der Waals surface area contributed by atoms with Gasteiger partial charge in [-0.05, 0) is 25.4 Å². The Hall–Kier alpha value is -1.42. The summed E-state index contributed by atoms with van der Waals surface area (Å²) in [5.41, 5.74) is 2.41. The fourth-order valence-corrected chi connectivity index (χ4v) is 1.35. The van der Waals surface area contributed by atoms with Gasteiger partial charge in [0.15, 0.2) is 0 Å². The lowest BCUT2D eigenvalue weighted by Crippen LogP contribution is -1.89. The predicted octanol–water partition coefficient (Wildman–Crippen LogP) is 2.52. The van der Waals surface area contributed by atoms with Gasteiger partial charge in [-0.1, -0.05) is 6.08 Å². The predicted molar refractivity (Wildman–Crippen MR) is 61.9 cm³/mol. The molecule has 2 aromatic rings. The normalized spacial score (nSPS) is 9.60. The third-order valence-corrected chi connectivity index (χ3v) is 1.79. The molecule has 80 valence electrons. The Kier molecular flexibility index (Phi) is 3.80. The van der Waals surface area contributed by atoms with E-state index in [1.807, 2.05) is 27.1 Å². The van der Waals surface area contributed by atoms with Crippen LogP contribution in [0.4, 0.5) is 0 Å². The van der Waals surface area contributed by atoms with Gasteiger partial charge in [-0.3, -0.25) is 4.68 Å². The van der Waals surface area contributed by atoms with Crippen molar-refractivity contribution in [3.8, 4) is 0 Å². The Morgan fingerprint density at radius 2 is 2.07 bits per heavy atom.